The van der Waals surface area contributed by atoms with Gasteiger partial charge in [0, 0.05) is 25.7 Å². The fraction of sp³-hybridized carbons (Fsp3) is 0.833. The molecule has 1 saturated carbocycles. The van der Waals surface area contributed by atoms with Crippen LogP contribution < -0.4 is 5.32 Å². The summed E-state index contributed by atoms with van der Waals surface area (Å²) < 4.78 is 1.92. The van der Waals surface area contributed by atoms with E-state index in [0.717, 1.165) is 24.8 Å². The van der Waals surface area contributed by atoms with Crippen LogP contribution in [0.3, 0.4) is 0 Å². The van der Waals surface area contributed by atoms with Crippen molar-refractivity contribution in [2.45, 2.75) is 71.3 Å². The van der Waals surface area contributed by atoms with E-state index in [1.54, 1.807) is 0 Å². The molecule has 1 heterocycles. The number of hydrogen-bond acceptors (Lipinski definition) is 2. The van der Waals surface area contributed by atoms with Crippen LogP contribution in [0.4, 0.5) is 0 Å². The highest BCUT2D eigenvalue weighted by atomic mass is 15.2. The molecular formula is C18H33N3. The van der Waals surface area contributed by atoms with Crippen molar-refractivity contribution in [1.29, 1.82) is 0 Å². The number of unbranched alkanes of at least 4 members (excludes halogenated alkanes) is 1. The topological polar surface area (TPSA) is 29.9 Å². The zero-order chi connectivity index (χ0) is 15.1. The number of nitrogens with zero attached hydrogens (tertiary/aromatic N) is 2. The van der Waals surface area contributed by atoms with Gasteiger partial charge >= 0.3 is 0 Å². The highest BCUT2D eigenvalue weighted by Crippen LogP contribution is 2.34. The number of aryl methyl sites for hydroxylation is 1. The summed E-state index contributed by atoms with van der Waals surface area (Å²) in [6, 6.07) is 2.77. The lowest BCUT2D eigenvalue weighted by Crippen LogP contribution is -2.39. The molecule has 0 saturated heterocycles. The van der Waals surface area contributed by atoms with E-state index in [0.29, 0.717) is 6.04 Å². The maximum Gasteiger partial charge on any atom is 0.0640 e. The Morgan fingerprint density at radius 1 is 1.29 bits per heavy atom. The van der Waals surface area contributed by atoms with E-state index < -0.39 is 0 Å². The molecule has 1 aliphatic carbocycles. The van der Waals surface area contributed by atoms with Gasteiger partial charge in [0.15, 0.2) is 0 Å². The Labute approximate surface area is 130 Å². The monoisotopic (exact) mass is 291 g/mol. The van der Waals surface area contributed by atoms with Gasteiger partial charge in [-0.15, -0.1) is 0 Å². The van der Waals surface area contributed by atoms with Crippen molar-refractivity contribution in [2.24, 2.45) is 18.9 Å². The van der Waals surface area contributed by atoms with Gasteiger partial charge in [-0.3, -0.25) is 4.68 Å². The van der Waals surface area contributed by atoms with E-state index in [1.807, 2.05) is 11.7 Å². The van der Waals surface area contributed by atoms with Gasteiger partial charge in [-0.1, -0.05) is 46.0 Å². The largest absolute Gasteiger partial charge is 0.314 e. The van der Waals surface area contributed by atoms with Crippen LogP contribution in [0.25, 0.3) is 0 Å². The second-order valence-electron chi connectivity index (χ2n) is 6.77. The molecule has 0 aliphatic heterocycles. The summed E-state index contributed by atoms with van der Waals surface area (Å²) in [4.78, 5) is 0. The highest BCUT2D eigenvalue weighted by molar-refractivity contribution is 5.02. The fourth-order valence-electron chi connectivity index (χ4n) is 3.84. The first kappa shape index (κ1) is 16.5. The minimum absolute atomic E-state index is 0.608. The van der Waals surface area contributed by atoms with Crippen LogP contribution in [0.15, 0.2) is 12.3 Å². The van der Waals surface area contributed by atoms with Crippen LogP contribution in [0.5, 0.6) is 0 Å². The number of nitrogens with one attached hydrogen (secondary N) is 1. The zero-order valence-corrected chi connectivity index (χ0v) is 14.1. The van der Waals surface area contributed by atoms with Gasteiger partial charge in [0.05, 0.1) is 5.69 Å². The van der Waals surface area contributed by atoms with Crippen LogP contribution in [0.2, 0.25) is 0 Å². The molecular weight excluding hydrogens is 258 g/mol. The minimum atomic E-state index is 0.608. The Morgan fingerprint density at radius 2 is 2.05 bits per heavy atom. The molecule has 1 fully saturated rings. The lowest BCUT2D eigenvalue weighted by molar-refractivity contribution is 0.211. The van der Waals surface area contributed by atoms with Gasteiger partial charge in [-0.05, 0) is 37.3 Å². The lowest BCUT2D eigenvalue weighted by atomic mass is 9.76. The summed E-state index contributed by atoms with van der Waals surface area (Å²) in [5.74, 6) is 1.84. The number of aromatic nitrogens is 2. The smallest absolute Gasteiger partial charge is 0.0640 e. The SMILES string of the molecule is CCCCC1CCC(C(Cc2ccn(C)n2)NCC)CC1. The third-order valence-corrected chi connectivity index (χ3v) is 5.09. The van der Waals surface area contributed by atoms with Crippen LogP contribution >= 0.6 is 0 Å². The molecule has 1 N–H and O–H groups in total. The van der Waals surface area contributed by atoms with Crippen LogP contribution in [0.1, 0.15) is 64.5 Å². The molecule has 1 atom stereocenters. The first-order valence-electron chi connectivity index (χ1n) is 8.94. The number of likely N-dealkylation sites (N-methyl/N-ethyl adjacent to an activating group) is 1. The molecule has 3 heteroatoms. The predicted molar refractivity (Wildman–Crippen MR) is 89.3 cm³/mol. The van der Waals surface area contributed by atoms with Gasteiger partial charge < -0.3 is 5.32 Å². The normalized spacial score (nSPS) is 24.1. The first-order valence-corrected chi connectivity index (χ1v) is 8.94. The highest BCUT2D eigenvalue weighted by Gasteiger charge is 2.27. The molecule has 1 aromatic rings. The van der Waals surface area contributed by atoms with Gasteiger partial charge in [0.1, 0.15) is 0 Å². The van der Waals surface area contributed by atoms with Crippen molar-refractivity contribution in [2.75, 3.05) is 6.54 Å². The third-order valence-electron chi connectivity index (χ3n) is 5.09. The molecule has 0 spiro atoms. The second-order valence-corrected chi connectivity index (χ2v) is 6.77. The molecule has 1 aliphatic rings. The Balaban J connectivity index is 1.84. The van der Waals surface area contributed by atoms with Crippen molar-refractivity contribution in [3.8, 4) is 0 Å². The average Bonchev–Trinajstić information content (AvgIpc) is 2.90. The lowest BCUT2D eigenvalue weighted by Gasteiger charge is -2.34. The molecule has 1 aromatic heterocycles. The summed E-state index contributed by atoms with van der Waals surface area (Å²) in [5.41, 5.74) is 1.23. The Morgan fingerprint density at radius 3 is 2.62 bits per heavy atom. The maximum atomic E-state index is 4.56. The molecule has 2 rings (SSSR count). The van der Waals surface area contributed by atoms with Gasteiger partial charge in [-0.2, -0.15) is 5.10 Å². The Bertz CT molecular complexity index is 391. The Hall–Kier alpha value is -0.830. The van der Waals surface area contributed by atoms with Crippen molar-refractivity contribution in [1.82, 2.24) is 15.1 Å². The zero-order valence-electron chi connectivity index (χ0n) is 14.1. The Kier molecular flexibility index (Phi) is 6.75. The van der Waals surface area contributed by atoms with Crippen molar-refractivity contribution < 1.29 is 0 Å². The van der Waals surface area contributed by atoms with E-state index in [4.69, 9.17) is 0 Å². The van der Waals surface area contributed by atoms with Gasteiger partial charge in [-0.25, -0.2) is 0 Å². The van der Waals surface area contributed by atoms with Gasteiger partial charge in [0.2, 0.25) is 0 Å². The van der Waals surface area contributed by atoms with Crippen LogP contribution in [-0.4, -0.2) is 22.4 Å². The average molecular weight is 291 g/mol. The molecule has 1 unspecified atom stereocenters. The standard InChI is InChI=1S/C18H33N3/c1-4-6-7-15-8-10-16(11-9-15)18(19-5-2)14-17-12-13-21(3)20-17/h12-13,15-16,18-19H,4-11,14H2,1-3H3. The summed E-state index contributed by atoms with van der Waals surface area (Å²) in [7, 11) is 2.00. The van der Waals surface area contributed by atoms with E-state index in [9.17, 15) is 0 Å². The summed E-state index contributed by atoms with van der Waals surface area (Å²) in [6.45, 7) is 5.59. The molecule has 120 valence electrons. The molecule has 0 aromatic carbocycles. The summed E-state index contributed by atoms with van der Waals surface area (Å²) in [6.07, 6.45) is 13.0. The quantitative estimate of drug-likeness (QED) is 0.786. The van der Waals surface area contributed by atoms with Crippen LogP contribution in [0, 0.1) is 11.8 Å². The molecule has 0 bridgehead atoms. The number of rotatable bonds is 8. The van der Waals surface area contributed by atoms with E-state index in [2.05, 4.69) is 36.5 Å². The third kappa shape index (κ3) is 5.14. The van der Waals surface area contributed by atoms with E-state index >= 15 is 0 Å². The summed E-state index contributed by atoms with van der Waals surface area (Å²) >= 11 is 0. The molecule has 21 heavy (non-hydrogen) atoms. The van der Waals surface area contributed by atoms with E-state index in [1.165, 1.54) is 50.6 Å². The van der Waals surface area contributed by atoms with Crippen molar-refractivity contribution in [3.05, 3.63) is 18.0 Å². The summed E-state index contributed by atoms with van der Waals surface area (Å²) in [5, 5.41) is 8.28. The van der Waals surface area contributed by atoms with Crippen molar-refractivity contribution in [3.63, 3.8) is 0 Å². The first-order chi connectivity index (χ1) is 10.2. The predicted octanol–water partition coefficient (Wildman–Crippen LogP) is 3.94. The molecule has 3 nitrogen and oxygen atoms in total. The number of hydrogen-bond donors (Lipinski definition) is 1. The van der Waals surface area contributed by atoms with Gasteiger partial charge in [0.25, 0.3) is 0 Å². The maximum absolute atomic E-state index is 4.56. The van der Waals surface area contributed by atoms with E-state index in [-0.39, 0.29) is 0 Å². The minimum Gasteiger partial charge on any atom is -0.314 e. The van der Waals surface area contributed by atoms with Crippen molar-refractivity contribution >= 4 is 0 Å². The molecule has 0 radical (unpaired) electrons. The van der Waals surface area contributed by atoms with Crippen LogP contribution in [-0.2, 0) is 13.5 Å². The molecule has 0 amide bonds. The second kappa shape index (κ2) is 8.57. The fourth-order valence-corrected chi connectivity index (χ4v) is 3.84.